The predicted octanol–water partition coefficient (Wildman–Crippen LogP) is 2.15. The van der Waals surface area contributed by atoms with Crippen molar-refractivity contribution in [2.45, 2.75) is 18.8 Å². The fraction of sp³-hybridized carbons (Fsp3) is 0.364. The van der Waals surface area contributed by atoms with Crippen molar-refractivity contribution in [2.24, 2.45) is 10.7 Å². The zero-order chi connectivity index (χ0) is 13.4. The highest BCUT2D eigenvalue weighted by Crippen LogP contribution is 2.31. The first-order valence-corrected chi connectivity index (χ1v) is 5.13. The minimum Gasteiger partial charge on any atom is -0.462 e. The monoisotopic (exact) mass is 260 g/mol. The van der Waals surface area contributed by atoms with Crippen LogP contribution >= 0.6 is 0 Å². The molecule has 2 rings (SSSR count). The predicted molar refractivity (Wildman–Crippen MR) is 58.1 cm³/mol. The van der Waals surface area contributed by atoms with E-state index >= 15 is 0 Å². The third-order valence-electron chi connectivity index (χ3n) is 2.57. The second-order valence-corrected chi connectivity index (χ2v) is 4.08. The summed E-state index contributed by atoms with van der Waals surface area (Å²) >= 11 is 0. The minimum atomic E-state index is -4.69. The van der Waals surface area contributed by atoms with Gasteiger partial charge in [0.2, 0.25) is 0 Å². The van der Waals surface area contributed by atoms with Crippen molar-refractivity contribution in [3.05, 3.63) is 29.8 Å². The summed E-state index contributed by atoms with van der Waals surface area (Å²) in [6.07, 6.45) is -4.69. The van der Waals surface area contributed by atoms with E-state index in [1.165, 1.54) is 24.3 Å². The first-order chi connectivity index (χ1) is 8.28. The molecule has 18 heavy (non-hydrogen) atoms. The van der Waals surface area contributed by atoms with E-state index in [0.29, 0.717) is 5.56 Å². The SMILES string of the molecule is CC1(c2ccc(OC(F)(F)F)cc2)COC(N)=N1. The summed E-state index contributed by atoms with van der Waals surface area (Å²) in [5.41, 5.74) is 5.46. The van der Waals surface area contributed by atoms with Crippen LogP contribution in [-0.4, -0.2) is 19.0 Å². The molecule has 1 aliphatic heterocycles. The Bertz CT molecular complexity index is 470. The number of ether oxygens (including phenoxy) is 2. The Balaban J connectivity index is 2.18. The Morgan fingerprint density at radius 3 is 2.39 bits per heavy atom. The second-order valence-electron chi connectivity index (χ2n) is 4.08. The van der Waals surface area contributed by atoms with Crippen molar-refractivity contribution in [3.63, 3.8) is 0 Å². The van der Waals surface area contributed by atoms with Crippen LogP contribution in [0.2, 0.25) is 0 Å². The molecule has 4 nitrogen and oxygen atoms in total. The van der Waals surface area contributed by atoms with Crippen molar-refractivity contribution in [1.29, 1.82) is 0 Å². The van der Waals surface area contributed by atoms with E-state index in [1.807, 2.05) is 0 Å². The average Bonchev–Trinajstić information content (AvgIpc) is 2.58. The van der Waals surface area contributed by atoms with Gasteiger partial charge >= 0.3 is 6.36 Å². The molecular formula is C11H11F3N2O2. The van der Waals surface area contributed by atoms with E-state index < -0.39 is 11.9 Å². The molecule has 1 unspecified atom stereocenters. The molecule has 1 atom stereocenters. The molecule has 1 aliphatic rings. The molecule has 7 heteroatoms. The normalized spacial score (nSPS) is 23.4. The standard InChI is InChI=1S/C11H11F3N2O2/c1-10(6-17-9(15)16-10)7-2-4-8(5-3-7)18-11(12,13)14/h2-5H,6H2,1H3,(H2,15,16). The lowest BCUT2D eigenvalue weighted by Gasteiger charge is -2.19. The number of nitrogens with zero attached hydrogens (tertiary/aromatic N) is 1. The van der Waals surface area contributed by atoms with Gasteiger partial charge in [0.25, 0.3) is 6.02 Å². The molecular weight excluding hydrogens is 249 g/mol. The van der Waals surface area contributed by atoms with Gasteiger partial charge in [0.05, 0.1) is 0 Å². The minimum absolute atomic E-state index is 0.0770. The molecule has 1 aromatic rings. The molecule has 0 aliphatic carbocycles. The Labute approximate surface area is 101 Å². The molecule has 0 radical (unpaired) electrons. The van der Waals surface area contributed by atoms with E-state index in [4.69, 9.17) is 10.5 Å². The Morgan fingerprint density at radius 2 is 1.94 bits per heavy atom. The van der Waals surface area contributed by atoms with Crippen molar-refractivity contribution in [3.8, 4) is 5.75 Å². The van der Waals surface area contributed by atoms with Crippen LogP contribution in [0.4, 0.5) is 13.2 Å². The third-order valence-corrected chi connectivity index (χ3v) is 2.57. The molecule has 1 aromatic carbocycles. The van der Waals surface area contributed by atoms with Gasteiger partial charge in [-0.15, -0.1) is 13.2 Å². The zero-order valence-electron chi connectivity index (χ0n) is 9.49. The van der Waals surface area contributed by atoms with E-state index in [2.05, 4.69) is 9.73 Å². The summed E-state index contributed by atoms with van der Waals surface area (Å²) in [5, 5.41) is 0. The van der Waals surface area contributed by atoms with Gasteiger partial charge in [-0.05, 0) is 24.6 Å². The number of hydrogen-bond donors (Lipinski definition) is 1. The van der Waals surface area contributed by atoms with Crippen LogP contribution in [-0.2, 0) is 10.3 Å². The number of rotatable bonds is 2. The lowest BCUT2D eigenvalue weighted by atomic mass is 9.94. The van der Waals surface area contributed by atoms with Crippen LogP contribution in [0.1, 0.15) is 12.5 Å². The lowest BCUT2D eigenvalue weighted by molar-refractivity contribution is -0.274. The molecule has 98 valence electrons. The van der Waals surface area contributed by atoms with E-state index in [1.54, 1.807) is 6.92 Å². The molecule has 0 amide bonds. The number of nitrogens with two attached hydrogens (primary N) is 1. The topological polar surface area (TPSA) is 56.8 Å². The smallest absolute Gasteiger partial charge is 0.462 e. The number of alkyl halides is 3. The maximum absolute atomic E-state index is 12.0. The number of aliphatic imine (C=N–C) groups is 1. The van der Waals surface area contributed by atoms with Crippen LogP contribution in [0.15, 0.2) is 29.3 Å². The maximum atomic E-state index is 12.0. The fourth-order valence-electron chi connectivity index (χ4n) is 1.69. The summed E-state index contributed by atoms with van der Waals surface area (Å²) in [7, 11) is 0. The quantitative estimate of drug-likeness (QED) is 0.886. The number of halogens is 3. The summed E-state index contributed by atoms with van der Waals surface area (Å²) in [6, 6.07) is 5.56. The summed E-state index contributed by atoms with van der Waals surface area (Å²) in [6.45, 7) is 2.05. The molecule has 2 N–H and O–H groups in total. The van der Waals surface area contributed by atoms with E-state index in [9.17, 15) is 13.2 Å². The number of amidine groups is 1. The number of hydrogen-bond acceptors (Lipinski definition) is 4. The molecule has 0 bridgehead atoms. The van der Waals surface area contributed by atoms with Gasteiger partial charge in [0.1, 0.15) is 17.9 Å². The molecule has 0 saturated carbocycles. The van der Waals surface area contributed by atoms with Gasteiger partial charge in [-0.3, -0.25) is 0 Å². The zero-order valence-corrected chi connectivity index (χ0v) is 9.49. The first kappa shape index (κ1) is 12.5. The Morgan fingerprint density at radius 1 is 1.33 bits per heavy atom. The van der Waals surface area contributed by atoms with Crippen LogP contribution in [0.3, 0.4) is 0 Å². The van der Waals surface area contributed by atoms with Crippen molar-refractivity contribution < 1.29 is 22.6 Å². The van der Waals surface area contributed by atoms with Crippen LogP contribution in [0.5, 0.6) is 5.75 Å². The molecule has 0 fully saturated rings. The average molecular weight is 260 g/mol. The Hall–Kier alpha value is -1.92. The highest BCUT2D eigenvalue weighted by atomic mass is 19.4. The summed E-state index contributed by atoms with van der Waals surface area (Å²) < 4.78 is 44.8. The van der Waals surface area contributed by atoms with E-state index in [0.717, 1.165) is 0 Å². The van der Waals surface area contributed by atoms with Gasteiger partial charge < -0.3 is 15.2 Å². The van der Waals surface area contributed by atoms with Gasteiger partial charge in [-0.2, -0.15) is 0 Å². The van der Waals surface area contributed by atoms with Crippen LogP contribution in [0.25, 0.3) is 0 Å². The van der Waals surface area contributed by atoms with Gasteiger partial charge in [0, 0.05) is 0 Å². The Kier molecular flexibility index (Phi) is 2.84. The van der Waals surface area contributed by atoms with E-state index in [-0.39, 0.29) is 18.4 Å². The fourth-order valence-corrected chi connectivity index (χ4v) is 1.69. The van der Waals surface area contributed by atoms with Crippen molar-refractivity contribution in [1.82, 2.24) is 0 Å². The summed E-state index contributed by atoms with van der Waals surface area (Å²) in [4.78, 5) is 4.10. The number of benzene rings is 1. The van der Waals surface area contributed by atoms with Gasteiger partial charge in [0.15, 0.2) is 0 Å². The molecule has 0 aromatic heterocycles. The third kappa shape index (κ3) is 2.66. The maximum Gasteiger partial charge on any atom is 0.573 e. The lowest BCUT2D eigenvalue weighted by Crippen LogP contribution is -2.21. The van der Waals surface area contributed by atoms with Crippen molar-refractivity contribution >= 4 is 6.02 Å². The molecule has 0 saturated heterocycles. The van der Waals surface area contributed by atoms with Crippen LogP contribution in [0, 0.1) is 0 Å². The van der Waals surface area contributed by atoms with Gasteiger partial charge in [-0.25, -0.2) is 4.99 Å². The largest absolute Gasteiger partial charge is 0.573 e. The first-order valence-electron chi connectivity index (χ1n) is 5.13. The van der Waals surface area contributed by atoms with Gasteiger partial charge in [-0.1, -0.05) is 12.1 Å². The molecule has 0 spiro atoms. The molecule has 1 heterocycles. The summed E-state index contributed by atoms with van der Waals surface area (Å²) in [5.74, 6) is -0.272. The second kappa shape index (κ2) is 4.08. The highest BCUT2D eigenvalue weighted by Gasteiger charge is 2.34. The highest BCUT2D eigenvalue weighted by molar-refractivity contribution is 5.74. The van der Waals surface area contributed by atoms with Crippen molar-refractivity contribution in [2.75, 3.05) is 6.61 Å². The van der Waals surface area contributed by atoms with Crippen LogP contribution < -0.4 is 10.5 Å².